The number of carbonyl (C=O) groups excluding carboxylic acids is 1. The normalized spacial score (nSPS) is 12.1. The van der Waals surface area contributed by atoms with Gasteiger partial charge in [0.15, 0.2) is 0 Å². The van der Waals surface area contributed by atoms with Crippen LogP contribution in [0.2, 0.25) is 0 Å². The van der Waals surface area contributed by atoms with Crippen molar-refractivity contribution in [1.29, 1.82) is 0 Å². The Kier molecular flexibility index (Phi) is 6.31. The molecule has 1 aromatic rings. The van der Waals surface area contributed by atoms with E-state index in [4.69, 9.17) is 9.84 Å². The minimum Gasteiger partial charge on any atom is -0.491 e. The number of benzene rings is 1. The van der Waals surface area contributed by atoms with Crippen LogP contribution in [0, 0.1) is 6.92 Å². The van der Waals surface area contributed by atoms with Crippen molar-refractivity contribution < 1.29 is 14.6 Å². The molecule has 0 aliphatic carbocycles. The zero-order chi connectivity index (χ0) is 15.1. The van der Waals surface area contributed by atoms with Crippen molar-refractivity contribution in [2.24, 2.45) is 0 Å². The van der Waals surface area contributed by atoms with Gasteiger partial charge in [-0.05, 0) is 51.0 Å². The molecular formula is C15H24N2O3. The standard InChI is InChI=1S/C15H24N2O3/c1-5-12(9-18)16-15(19)17-13-6-7-14(11(4)8-13)20-10(2)3/h6-8,10,12,18H,5,9H2,1-4H3,(H2,16,17,19). The fraction of sp³-hybridized carbons (Fsp3) is 0.533. The van der Waals surface area contributed by atoms with Gasteiger partial charge in [0.05, 0.1) is 18.8 Å². The van der Waals surface area contributed by atoms with E-state index in [1.165, 1.54) is 0 Å². The first-order valence-electron chi connectivity index (χ1n) is 6.92. The maximum atomic E-state index is 11.8. The second-order valence-corrected chi connectivity index (χ2v) is 5.03. The largest absolute Gasteiger partial charge is 0.491 e. The number of urea groups is 1. The predicted molar refractivity (Wildman–Crippen MR) is 80.3 cm³/mol. The third kappa shape index (κ3) is 5.09. The second-order valence-electron chi connectivity index (χ2n) is 5.03. The Morgan fingerprint density at radius 2 is 2.10 bits per heavy atom. The van der Waals surface area contributed by atoms with Crippen molar-refractivity contribution >= 4 is 11.7 Å². The topological polar surface area (TPSA) is 70.6 Å². The number of ether oxygens (including phenoxy) is 1. The molecule has 20 heavy (non-hydrogen) atoms. The van der Waals surface area contributed by atoms with Crippen molar-refractivity contribution in [2.75, 3.05) is 11.9 Å². The summed E-state index contributed by atoms with van der Waals surface area (Å²) < 4.78 is 5.64. The molecule has 5 heteroatoms. The van der Waals surface area contributed by atoms with E-state index in [0.29, 0.717) is 12.1 Å². The Morgan fingerprint density at radius 1 is 1.40 bits per heavy atom. The number of aliphatic hydroxyl groups is 1. The van der Waals surface area contributed by atoms with Gasteiger partial charge < -0.3 is 20.5 Å². The Balaban J connectivity index is 2.64. The molecule has 0 aliphatic heterocycles. The molecule has 0 heterocycles. The zero-order valence-corrected chi connectivity index (χ0v) is 12.6. The summed E-state index contributed by atoms with van der Waals surface area (Å²) in [6.45, 7) is 7.72. The van der Waals surface area contributed by atoms with Gasteiger partial charge in [0, 0.05) is 5.69 Å². The number of amides is 2. The molecular weight excluding hydrogens is 256 g/mol. The van der Waals surface area contributed by atoms with Crippen molar-refractivity contribution in [3.05, 3.63) is 23.8 Å². The lowest BCUT2D eigenvalue weighted by atomic mass is 10.2. The van der Waals surface area contributed by atoms with Gasteiger partial charge in [0.1, 0.15) is 5.75 Å². The van der Waals surface area contributed by atoms with Crippen LogP contribution in [-0.2, 0) is 0 Å². The van der Waals surface area contributed by atoms with E-state index in [0.717, 1.165) is 11.3 Å². The lowest BCUT2D eigenvalue weighted by Crippen LogP contribution is -2.39. The molecule has 0 saturated carbocycles. The number of aliphatic hydroxyl groups excluding tert-OH is 1. The van der Waals surface area contributed by atoms with Gasteiger partial charge >= 0.3 is 6.03 Å². The third-order valence-electron chi connectivity index (χ3n) is 2.84. The van der Waals surface area contributed by atoms with Gasteiger partial charge in [-0.1, -0.05) is 6.92 Å². The number of hydrogen-bond donors (Lipinski definition) is 3. The Morgan fingerprint density at radius 3 is 2.60 bits per heavy atom. The summed E-state index contributed by atoms with van der Waals surface area (Å²) in [5.41, 5.74) is 1.66. The van der Waals surface area contributed by atoms with Crippen molar-refractivity contribution in [3.63, 3.8) is 0 Å². The molecule has 112 valence electrons. The van der Waals surface area contributed by atoms with Crippen LogP contribution in [0.3, 0.4) is 0 Å². The summed E-state index contributed by atoms with van der Waals surface area (Å²) in [6.07, 6.45) is 0.801. The minimum absolute atomic E-state index is 0.0654. The SMILES string of the molecule is CCC(CO)NC(=O)Nc1ccc(OC(C)C)c(C)c1. The molecule has 1 aromatic carbocycles. The average molecular weight is 280 g/mol. The first-order chi connectivity index (χ1) is 9.46. The van der Waals surface area contributed by atoms with E-state index in [1.807, 2.05) is 39.8 Å². The number of anilines is 1. The molecule has 0 radical (unpaired) electrons. The molecule has 0 fully saturated rings. The van der Waals surface area contributed by atoms with E-state index >= 15 is 0 Å². The van der Waals surface area contributed by atoms with Gasteiger partial charge in [-0.2, -0.15) is 0 Å². The molecule has 5 nitrogen and oxygen atoms in total. The molecule has 0 spiro atoms. The molecule has 3 N–H and O–H groups in total. The highest BCUT2D eigenvalue weighted by atomic mass is 16.5. The molecule has 2 amide bonds. The quantitative estimate of drug-likeness (QED) is 0.750. The molecule has 1 atom stereocenters. The number of carbonyl (C=O) groups is 1. The van der Waals surface area contributed by atoms with E-state index in [-0.39, 0.29) is 24.8 Å². The molecule has 0 aromatic heterocycles. The Labute approximate surface area is 120 Å². The first-order valence-corrected chi connectivity index (χ1v) is 6.92. The third-order valence-corrected chi connectivity index (χ3v) is 2.84. The van der Waals surface area contributed by atoms with Crippen LogP contribution >= 0.6 is 0 Å². The van der Waals surface area contributed by atoms with Crippen LogP contribution in [0.25, 0.3) is 0 Å². The summed E-state index contributed by atoms with van der Waals surface area (Å²) in [5.74, 6) is 0.813. The number of aryl methyl sites for hydroxylation is 1. The minimum atomic E-state index is -0.317. The van der Waals surface area contributed by atoms with E-state index < -0.39 is 0 Å². The van der Waals surface area contributed by atoms with Crippen molar-refractivity contribution in [1.82, 2.24) is 5.32 Å². The summed E-state index contributed by atoms with van der Waals surface area (Å²) in [7, 11) is 0. The fourth-order valence-electron chi connectivity index (χ4n) is 1.74. The summed E-state index contributed by atoms with van der Waals surface area (Å²) >= 11 is 0. The maximum Gasteiger partial charge on any atom is 0.319 e. The van der Waals surface area contributed by atoms with Crippen LogP contribution in [0.5, 0.6) is 5.75 Å². The number of hydrogen-bond acceptors (Lipinski definition) is 3. The number of nitrogens with one attached hydrogen (secondary N) is 2. The smallest absolute Gasteiger partial charge is 0.319 e. The summed E-state index contributed by atoms with van der Waals surface area (Å²) in [5, 5.41) is 14.5. The van der Waals surface area contributed by atoms with Crippen LogP contribution < -0.4 is 15.4 Å². The highest BCUT2D eigenvalue weighted by Crippen LogP contribution is 2.22. The van der Waals surface area contributed by atoms with Crippen molar-refractivity contribution in [3.8, 4) is 5.75 Å². The summed E-state index contributed by atoms with van der Waals surface area (Å²) in [4.78, 5) is 11.8. The highest BCUT2D eigenvalue weighted by molar-refractivity contribution is 5.89. The van der Waals surface area contributed by atoms with E-state index in [2.05, 4.69) is 10.6 Å². The first kappa shape index (κ1) is 16.3. The molecule has 1 rings (SSSR count). The van der Waals surface area contributed by atoms with Gasteiger partial charge in [0.2, 0.25) is 0 Å². The van der Waals surface area contributed by atoms with Crippen LogP contribution in [0.15, 0.2) is 18.2 Å². The van der Waals surface area contributed by atoms with Gasteiger partial charge in [-0.3, -0.25) is 0 Å². The molecule has 0 aliphatic rings. The maximum absolute atomic E-state index is 11.8. The van der Waals surface area contributed by atoms with E-state index in [9.17, 15) is 4.79 Å². The van der Waals surface area contributed by atoms with Gasteiger partial charge in [-0.25, -0.2) is 4.79 Å². The fourth-order valence-corrected chi connectivity index (χ4v) is 1.74. The lowest BCUT2D eigenvalue weighted by molar-refractivity contribution is 0.222. The molecule has 1 unspecified atom stereocenters. The lowest BCUT2D eigenvalue weighted by Gasteiger charge is -2.16. The van der Waals surface area contributed by atoms with Crippen LogP contribution in [-0.4, -0.2) is 29.9 Å². The highest BCUT2D eigenvalue weighted by Gasteiger charge is 2.10. The van der Waals surface area contributed by atoms with Crippen LogP contribution in [0.4, 0.5) is 10.5 Å². The Bertz CT molecular complexity index is 443. The van der Waals surface area contributed by atoms with Crippen molar-refractivity contribution in [2.45, 2.75) is 46.3 Å². The number of rotatable bonds is 6. The zero-order valence-electron chi connectivity index (χ0n) is 12.6. The average Bonchev–Trinajstić information content (AvgIpc) is 2.38. The Hall–Kier alpha value is -1.75. The predicted octanol–water partition coefficient (Wildman–Crippen LogP) is 2.67. The van der Waals surface area contributed by atoms with Gasteiger partial charge in [-0.15, -0.1) is 0 Å². The van der Waals surface area contributed by atoms with Crippen LogP contribution in [0.1, 0.15) is 32.8 Å². The monoisotopic (exact) mass is 280 g/mol. The second kappa shape index (κ2) is 7.75. The summed E-state index contributed by atoms with van der Waals surface area (Å²) in [6, 6.07) is 4.96. The molecule has 0 bridgehead atoms. The van der Waals surface area contributed by atoms with E-state index in [1.54, 1.807) is 6.07 Å². The molecule has 0 saturated heterocycles. The van der Waals surface area contributed by atoms with Gasteiger partial charge in [0.25, 0.3) is 0 Å².